The van der Waals surface area contributed by atoms with E-state index in [-0.39, 0.29) is 30.8 Å². The molecule has 1 aromatic heterocycles. The minimum absolute atomic E-state index is 0.0488. The van der Waals surface area contributed by atoms with Crippen molar-refractivity contribution in [2.45, 2.75) is 20.3 Å². The molecule has 0 bridgehead atoms. The maximum absolute atomic E-state index is 12.5. The minimum Gasteiger partial charge on any atom is -0.497 e. The predicted octanol–water partition coefficient (Wildman–Crippen LogP) is 4.62. The zero-order chi connectivity index (χ0) is 20.8. The van der Waals surface area contributed by atoms with Crippen LogP contribution < -0.4 is 9.47 Å². The lowest BCUT2D eigenvalue weighted by atomic mass is 10.1. The Labute approximate surface area is 170 Å². The van der Waals surface area contributed by atoms with E-state index in [1.54, 1.807) is 19.2 Å². The quantitative estimate of drug-likeness (QED) is 0.533. The van der Waals surface area contributed by atoms with Gasteiger partial charge in [0.05, 0.1) is 13.7 Å². The summed E-state index contributed by atoms with van der Waals surface area (Å²) in [6.45, 7) is 4.15. The topological polar surface area (TPSA) is 81.8 Å². The first-order valence-electron chi connectivity index (χ1n) is 9.54. The molecule has 1 N–H and O–H groups in total. The van der Waals surface area contributed by atoms with Crippen LogP contribution in [0.4, 0.5) is 0 Å². The van der Waals surface area contributed by atoms with E-state index in [4.69, 9.17) is 19.0 Å². The zero-order valence-corrected chi connectivity index (χ0v) is 16.8. The summed E-state index contributed by atoms with van der Waals surface area (Å²) in [4.78, 5) is 17.1. The summed E-state index contributed by atoms with van der Waals surface area (Å²) in [5, 5.41) is 8.89. The van der Waals surface area contributed by atoms with Crippen molar-refractivity contribution in [3.8, 4) is 34.1 Å². The Morgan fingerprint density at radius 1 is 1.03 bits per heavy atom. The predicted molar refractivity (Wildman–Crippen MR) is 110 cm³/mol. The highest BCUT2D eigenvalue weighted by atomic mass is 16.5. The molecule has 0 radical (unpaired) electrons. The van der Waals surface area contributed by atoms with E-state index in [0.29, 0.717) is 23.6 Å². The van der Waals surface area contributed by atoms with Gasteiger partial charge in [0.1, 0.15) is 23.8 Å². The van der Waals surface area contributed by atoms with Crippen LogP contribution in [0.2, 0.25) is 0 Å². The van der Waals surface area contributed by atoms with Crippen molar-refractivity contribution >= 4 is 5.78 Å². The number of aromatic nitrogens is 1. The number of carbonyl (C=O) groups is 1. The fourth-order valence-corrected chi connectivity index (χ4v) is 2.90. The number of aliphatic hydroxyl groups is 1. The van der Waals surface area contributed by atoms with Crippen molar-refractivity contribution in [2.75, 3.05) is 20.3 Å². The number of ketones is 1. The Morgan fingerprint density at radius 2 is 1.66 bits per heavy atom. The monoisotopic (exact) mass is 395 g/mol. The number of hydrogen-bond donors (Lipinski definition) is 1. The summed E-state index contributed by atoms with van der Waals surface area (Å²) in [6.07, 6.45) is 0.371. The van der Waals surface area contributed by atoms with Crippen LogP contribution in [0.5, 0.6) is 11.5 Å². The molecule has 0 unspecified atom stereocenters. The van der Waals surface area contributed by atoms with Crippen molar-refractivity contribution in [1.29, 1.82) is 0 Å². The number of oxazole rings is 1. The van der Waals surface area contributed by atoms with Gasteiger partial charge in [-0.25, -0.2) is 4.98 Å². The lowest BCUT2D eigenvalue weighted by Gasteiger charge is -2.06. The van der Waals surface area contributed by atoms with Crippen LogP contribution in [-0.4, -0.2) is 36.2 Å². The minimum atomic E-state index is -0.121. The van der Waals surface area contributed by atoms with Gasteiger partial charge in [0, 0.05) is 17.5 Å². The first kappa shape index (κ1) is 20.6. The Morgan fingerprint density at radius 3 is 2.24 bits per heavy atom. The third-order valence-corrected chi connectivity index (χ3v) is 4.30. The van der Waals surface area contributed by atoms with E-state index in [2.05, 4.69) is 4.98 Å². The van der Waals surface area contributed by atoms with E-state index < -0.39 is 0 Å². The fraction of sp³-hybridized carbons (Fsp3) is 0.304. The van der Waals surface area contributed by atoms with Crippen LogP contribution in [0.15, 0.2) is 52.9 Å². The first-order valence-corrected chi connectivity index (χ1v) is 9.54. The van der Waals surface area contributed by atoms with Crippen LogP contribution >= 0.6 is 0 Å². The van der Waals surface area contributed by atoms with Gasteiger partial charge in [0.25, 0.3) is 5.89 Å². The van der Waals surface area contributed by atoms with Gasteiger partial charge >= 0.3 is 0 Å². The molecule has 152 valence electrons. The third-order valence-electron chi connectivity index (χ3n) is 4.30. The highest BCUT2D eigenvalue weighted by molar-refractivity contribution is 5.93. The molecule has 2 aromatic carbocycles. The van der Waals surface area contributed by atoms with Gasteiger partial charge < -0.3 is 19.0 Å². The van der Waals surface area contributed by atoms with E-state index in [0.717, 1.165) is 16.9 Å². The van der Waals surface area contributed by atoms with Crippen molar-refractivity contribution in [2.24, 2.45) is 5.92 Å². The first-order chi connectivity index (χ1) is 14.0. The maximum atomic E-state index is 12.5. The second kappa shape index (κ2) is 9.39. The van der Waals surface area contributed by atoms with Crippen LogP contribution in [0.25, 0.3) is 22.6 Å². The molecule has 0 fully saturated rings. The molecule has 3 aromatic rings. The van der Waals surface area contributed by atoms with Crippen molar-refractivity contribution in [3.05, 3.63) is 54.4 Å². The standard InChI is InChI=1S/C23H25NO5/c1-15(2)14-20(26)23-24-21(16-4-8-18(27-3)9-5-16)22(29-23)17-6-10-19(11-7-17)28-13-12-25/h4-11,15,25H,12-14H2,1-3H3. The number of hydrogen-bond acceptors (Lipinski definition) is 6. The van der Waals surface area contributed by atoms with Crippen molar-refractivity contribution < 1.29 is 23.8 Å². The zero-order valence-electron chi connectivity index (χ0n) is 16.8. The van der Waals surface area contributed by atoms with E-state index in [9.17, 15) is 4.79 Å². The summed E-state index contributed by atoms with van der Waals surface area (Å²) in [6, 6.07) is 14.7. The molecular formula is C23H25NO5. The molecule has 0 saturated carbocycles. The highest BCUT2D eigenvalue weighted by Gasteiger charge is 2.22. The van der Waals surface area contributed by atoms with Gasteiger partial charge in [-0.15, -0.1) is 0 Å². The Bertz CT molecular complexity index is 942. The molecule has 29 heavy (non-hydrogen) atoms. The summed E-state index contributed by atoms with van der Waals surface area (Å²) < 4.78 is 16.6. The molecule has 0 amide bonds. The fourth-order valence-electron chi connectivity index (χ4n) is 2.90. The normalized spacial score (nSPS) is 10.9. The average molecular weight is 395 g/mol. The molecule has 3 rings (SSSR count). The van der Waals surface area contributed by atoms with Gasteiger partial charge in [-0.2, -0.15) is 0 Å². The smallest absolute Gasteiger partial charge is 0.264 e. The number of ether oxygens (including phenoxy) is 2. The highest BCUT2D eigenvalue weighted by Crippen LogP contribution is 2.34. The molecule has 0 aliphatic carbocycles. The van der Waals surface area contributed by atoms with Gasteiger partial charge in [0.15, 0.2) is 5.76 Å². The summed E-state index contributed by atoms with van der Waals surface area (Å²) in [5.74, 6) is 2.11. The summed E-state index contributed by atoms with van der Waals surface area (Å²) in [7, 11) is 1.61. The Kier molecular flexibility index (Phi) is 6.67. The molecule has 0 spiro atoms. The number of carbonyl (C=O) groups excluding carboxylic acids is 1. The summed E-state index contributed by atoms with van der Waals surface area (Å²) in [5.41, 5.74) is 2.21. The van der Waals surface area contributed by atoms with Crippen LogP contribution in [-0.2, 0) is 0 Å². The van der Waals surface area contributed by atoms with Gasteiger partial charge in [-0.3, -0.25) is 4.79 Å². The van der Waals surface area contributed by atoms with Crippen LogP contribution in [0.1, 0.15) is 31.0 Å². The van der Waals surface area contributed by atoms with Crippen LogP contribution in [0.3, 0.4) is 0 Å². The van der Waals surface area contributed by atoms with E-state index >= 15 is 0 Å². The number of rotatable bonds is 9. The molecular weight excluding hydrogens is 370 g/mol. The van der Waals surface area contributed by atoms with Crippen LogP contribution in [0, 0.1) is 5.92 Å². The lowest BCUT2D eigenvalue weighted by molar-refractivity contribution is 0.0934. The number of nitrogens with zero attached hydrogens (tertiary/aromatic N) is 1. The number of Topliss-reactive ketones (excluding diaryl/α,β-unsaturated/α-hetero) is 1. The Balaban J connectivity index is 2.00. The van der Waals surface area contributed by atoms with Gasteiger partial charge in [-0.05, 0) is 54.4 Å². The molecule has 1 heterocycles. The molecule has 0 atom stereocenters. The molecule has 6 heteroatoms. The van der Waals surface area contributed by atoms with Crippen molar-refractivity contribution in [1.82, 2.24) is 4.98 Å². The SMILES string of the molecule is COc1ccc(-c2nc(C(=O)CC(C)C)oc2-c2ccc(OCCO)cc2)cc1. The number of methoxy groups -OCH3 is 1. The van der Waals surface area contributed by atoms with Crippen molar-refractivity contribution in [3.63, 3.8) is 0 Å². The molecule has 0 aliphatic heterocycles. The Hall–Kier alpha value is -3.12. The second-order valence-corrected chi connectivity index (χ2v) is 7.04. The third kappa shape index (κ3) is 5.03. The molecule has 6 nitrogen and oxygen atoms in total. The molecule has 0 saturated heterocycles. The van der Waals surface area contributed by atoms with Gasteiger partial charge in [0.2, 0.25) is 5.78 Å². The van der Waals surface area contributed by atoms with E-state index in [1.807, 2.05) is 50.2 Å². The van der Waals surface area contributed by atoms with Gasteiger partial charge in [-0.1, -0.05) is 13.8 Å². The van der Waals surface area contributed by atoms with E-state index in [1.165, 1.54) is 0 Å². The average Bonchev–Trinajstić information content (AvgIpc) is 3.18. The second-order valence-electron chi connectivity index (χ2n) is 7.04. The molecule has 0 aliphatic rings. The largest absolute Gasteiger partial charge is 0.497 e. The number of benzene rings is 2. The summed E-state index contributed by atoms with van der Waals surface area (Å²) >= 11 is 0. The maximum Gasteiger partial charge on any atom is 0.264 e. The lowest BCUT2D eigenvalue weighted by Crippen LogP contribution is -2.03. The number of aliphatic hydroxyl groups excluding tert-OH is 1.